The largest absolute Gasteiger partial charge is 0.416 e. The molecule has 206 valence electrons. The number of rotatable bonds is 6. The van der Waals surface area contributed by atoms with Crippen LogP contribution in [0.5, 0.6) is 0 Å². The molecule has 3 heterocycles. The fourth-order valence-electron chi connectivity index (χ4n) is 5.07. The molecule has 2 aliphatic rings. The predicted molar refractivity (Wildman–Crippen MR) is 131 cm³/mol. The van der Waals surface area contributed by atoms with Crippen molar-refractivity contribution in [1.82, 2.24) is 19.6 Å². The maximum atomic E-state index is 13.6. The van der Waals surface area contributed by atoms with Gasteiger partial charge in [-0.1, -0.05) is 19.1 Å². The highest BCUT2D eigenvalue weighted by atomic mass is 32.2. The fourth-order valence-corrected chi connectivity index (χ4v) is 6.95. The van der Waals surface area contributed by atoms with E-state index in [1.807, 2.05) is 6.92 Å². The van der Waals surface area contributed by atoms with E-state index in [1.165, 1.54) is 24.5 Å². The summed E-state index contributed by atoms with van der Waals surface area (Å²) >= 11 is 0. The van der Waals surface area contributed by atoms with Crippen LogP contribution in [0, 0.1) is 11.2 Å². The van der Waals surface area contributed by atoms with Gasteiger partial charge in [-0.05, 0) is 48.9 Å². The minimum Gasteiger partial charge on any atom is -0.379 e. The third kappa shape index (κ3) is 5.25. The predicted octanol–water partition coefficient (Wildman–Crippen LogP) is 3.79. The number of ether oxygens (including phenoxy) is 1. The van der Waals surface area contributed by atoms with Gasteiger partial charge in [0.05, 0.1) is 47.6 Å². The maximum absolute atomic E-state index is 13.6. The molecule has 5 rings (SSSR count). The van der Waals surface area contributed by atoms with Gasteiger partial charge >= 0.3 is 6.18 Å². The van der Waals surface area contributed by atoms with E-state index in [-0.39, 0.29) is 24.5 Å². The summed E-state index contributed by atoms with van der Waals surface area (Å²) < 4.78 is 86.0. The Morgan fingerprint density at radius 1 is 1.13 bits per heavy atom. The SMILES string of the molecule is C[C@@]12COC[C@@H]1N(S(=O)(=O)c1ccc(F)cc1)[C@H](C(=O)NCc1cc(-c3ccc(C(F)(F)F)cc3)ncn1)C2. The van der Waals surface area contributed by atoms with Gasteiger partial charge in [-0.25, -0.2) is 22.8 Å². The van der Waals surface area contributed by atoms with Crippen LogP contribution in [0.1, 0.15) is 24.6 Å². The number of hydrogen-bond donors (Lipinski definition) is 1. The first kappa shape index (κ1) is 27.2. The van der Waals surface area contributed by atoms with Gasteiger partial charge in [0.15, 0.2) is 0 Å². The molecule has 1 N–H and O–H groups in total. The van der Waals surface area contributed by atoms with Gasteiger partial charge in [-0.3, -0.25) is 4.79 Å². The van der Waals surface area contributed by atoms with Crippen LogP contribution in [0.4, 0.5) is 17.6 Å². The number of nitrogens with zero attached hydrogens (tertiary/aromatic N) is 3. The molecule has 3 aromatic rings. The van der Waals surface area contributed by atoms with Crippen LogP contribution in [0.3, 0.4) is 0 Å². The van der Waals surface area contributed by atoms with Crippen LogP contribution in [-0.4, -0.2) is 53.9 Å². The van der Waals surface area contributed by atoms with E-state index in [9.17, 15) is 30.8 Å². The van der Waals surface area contributed by atoms with Crippen LogP contribution < -0.4 is 5.32 Å². The number of halogens is 4. The monoisotopic (exact) mass is 564 g/mol. The number of sulfonamides is 1. The molecule has 2 fully saturated rings. The molecule has 39 heavy (non-hydrogen) atoms. The van der Waals surface area contributed by atoms with Crippen molar-refractivity contribution >= 4 is 15.9 Å². The Morgan fingerprint density at radius 3 is 2.49 bits per heavy atom. The number of fused-ring (bicyclic) bond motifs is 1. The Morgan fingerprint density at radius 2 is 1.82 bits per heavy atom. The molecule has 0 saturated carbocycles. The number of nitrogens with one attached hydrogen (secondary N) is 1. The Bertz CT molecular complexity index is 1480. The molecule has 8 nitrogen and oxygen atoms in total. The van der Waals surface area contributed by atoms with Crippen molar-refractivity contribution in [2.75, 3.05) is 13.2 Å². The Hall–Kier alpha value is -3.42. The van der Waals surface area contributed by atoms with Gasteiger partial charge in [0.1, 0.15) is 18.2 Å². The van der Waals surface area contributed by atoms with E-state index in [0.717, 1.165) is 40.7 Å². The first-order chi connectivity index (χ1) is 18.4. The molecule has 1 aromatic heterocycles. The molecule has 0 radical (unpaired) electrons. The second-order valence-corrected chi connectivity index (χ2v) is 11.7. The number of hydrogen-bond acceptors (Lipinski definition) is 6. The Kier molecular flexibility index (Phi) is 6.93. The lowest BCUT2D eigenvalue weighted by atomic mass is 9.84. The summed E-state index contributed by atoms with van der Waals surface area (Å²) in [6, 6.07) is 8.85. The van der Waals surface area contributed by atoms with Crippen molar-refractivity contribution in [3.8, 4) is 11.3 Å². The summed E-state index contributed by atoms with van der Waals surface area (Å²) in [7, 11) is -4.16. The Labute approximate surface area is 222 Å². The fraction of sp³-hybridized carbons (Fsp3) is 0.346. The molecule has 0 spiro atoms. The maximum Gasteiger partial charge on any atom is 0.416 e. The smallest absolute Gasteiger partial charge is 0.379 e. The summed E-state index contributed by atoms with van der Waals surface area (Å²) in [4.78, 5) is 21.4. The minimum absolute atomic E-state index is 0.0617. The molecule has 2 aromatic carbocycles. The van der Waals surface area contributed by atoms with Crippen LogP contribution in [-0.2, 0) is 32.3 Å². The number of amides is 1. The molecule has 1 amide bonds. The standard InChI is InChI=1S/C26H24F4N4O4S/c1-25-11-22(34(23(25)13-38-14-25)39(36,37)20-8-6-18(27)7-9-20)24(35)31-12-19-10-21(33-15-32-19)16-2-4-17(5-3-16)26(28,29)30/h2-10,15,22-23H,11-14H2,1H3,(H,31,35)/t22-,23-,25+/m0/s1. The van der Waals surface area contributed by atoms with E-state index in [1.54, 1.807) is 0 Å². The second-order valence-electron chi connectivity index (χ2n) is 9.88. The van der Waals surface area contributed by atoms with E-state index in [4.69, 9.17) is 4.74 Å². The number of carbonyl (C=O) groups is 1. The molecule has 3 atom stereocenters. The minimum atomic E-state index is -4.46. The summed E-state index contributed by atoms with van der Waals surface area (Å²) in [6.07, 6.45) is -3.00. The summed E-state index contributed by atoms with van der Waals surface area (Å²) in [5.74, 6) is -1.12. The zero-order valence-corrected chi connectivity index (χ0v) is 21.5. The van der Waals surface area contributed by atoms with E-state index < -0.39 is 51.0 Å². The van der Waals surface area contributed by atoms with Gasteiger partial charge in [0.25, 0.3) is 0 Å². The highest BCUT2D eigenvalue weighted by Crippen LogP contribution is 2.47. The molecule has 13 heteroatoms. The average Bonchev–Trinajstić information content (AvgIpc) is 3.41. The number of alkyl halides is 3. The van der Waals surface area contributed by atoms with E-state index in [0.29, 0.717) is 23.6 Å². The Balaban J connectivity index is 1.35. The van der Waals surface area contributed by atoms with Crippen molar-refractivity contribution in [1.29, 1.82) is 0 Å². The molecular weight excluding hydrogens is 540 g/mol. The zero-order valence-electron chi connectivity index (χ0n) is 20.7. The average molecular weight is 565 g/mol. The molecular formula is C26H24F4N4O4S. The van der Waals surface area contributed by atoms with Crippen molar-refractivity contribution < 1.29 is 35.5 Å². The normalized spacial score (nSPS) is 23.5. The molecule has 2 saturated heterocycles. The number of aromatic nitrogens is 2. The number of carbonyl (C=O) groups excluding carboxylic acids is 1. The highest BCUT2D eigenvalue weighted by molar-refractivity contribution is 7.89. The van der Waals surface area contributed by atoms with Crippen molar-refractivity contribution in [2.45, 2.75) is 43.0 Å². The quantitative estimate of drug-likeness (QED) is 0.458. The zero-order chi connectivity index (χ0) is 28.0. The molecule has 0 unspecified atom stereocenters. The van der Waals surface area contributed by atoms with Crippen molar-refractivity contribution in [2.24, 2.45) is 5.41 Å². The third-order valence-electron chi connectivity index (χ3n) is 7.15. The topological polar surface area (TPSA) is 101 Å². The number of benzene rings is 2. The van der Waals surface area contributed by atoms with Crippen LogP contribution in [0.15, 0.2) is 65.8 Å². The first-order valence-electron chi connectivity index (χ1n) is 12.0. The van der Waals surface area contributed by atoms with Crippen LogP contribution in [0.2, 0.25) is 0 Å². The van der Waals surface area contributed by atoms with E-state index in [2.05, 4.69) is 15.3 Å². The lowest BCUT2D eigenvalue weighted by molar-refractivity contribution is -0.137. The first-order valence-corrected chi connectivity index (χ1v) is 13.5. The summed E-state index contributed by atoms with van der Waals surface area (Å²) in [5.41, 5.74) is -0.184. The van der Waals surface area contributed by atoms with Gasteiger partial charge in [-0.2, -0.15) is 17.5 Å². The molecule has 0 aliphatic carbocycles. The molecule has 2 aliphatic heterocycles. The lowest BCUT2D eigenvalue weighted by Crippen LogP contribution is -2.49. The van der Waals surface area contributed by atoms with Crippen molar-refractivity contribution in [3.63, 3.8) is 0 Å². The van der Waals surface area contributed by atoms with Crippen molar-refractivity contribution in [3.05, 3.63) is 78.0 Å². The second kappa shape index (κ2) is 9.96. The van der Waals surface area contributed by atoms with E-state index >= 15 is 0 Å². The van der Waals surface area contributed by atoms with Crippen LogP contribution >= 0.6 is 0 Å². The lowest BCUT2D eigenvalue weighted by Gasteiger charge is -2.28. The van der Waals surface area contributed by atoms with Crippen LogP contribution in [0.25, 0.3) is 11.3 Å². The highest BCUT2D eigenvalue weighted by Gasteiger charge is 2.59. The third-order valence-corrected chi connectivity index (χ3v) is 9.09. The molecule has 0 bridgehead atoms. The summed E-state index contributed by atoms with van der Waals surface area (Å²) in [5, 5.41) is 2.73. The van der Waals surface area contributed by atoms with Gasteiger partial charge in [-0.15, -0.1) is 0 Å². The summed E-state index contributed by atoms with van der Waals surface area (Å²) in [6.45, 7) is 2.22. The van der Waals surface area contributed by atoms with Gasteiger partial charge in [0.2, 0.25) is 15.9 Å². The van der Waals surface area contributed by atoms with Gasteiger partial charge < -0.3 is 10.1 Å². The van der Waals surface area contributed by atoms with Gasteiger partial charge in [0, 0.05) is 11.0 Å².